The number of halogens is 13. The summed E-state index contributed by atoms with van der Waals surface area (Å²) in [6, 6.07) is 0.248. The molecule has 0 amide bonds. The number of benzene rings is 1. The van der Waals surface area contributed by atoms with Crippen molar-refractivity contribution in [2.45, 2.75) is 41.7 Å². The number of carbonyl (C=O) groups is 1. The van der Waals surface area contributed by atoms with Crippen molar-refractivity contribution < 1.29 is 67.0 Å². The van der Waals surface area contributed by atoms with E-state index in [1.807, 2.05) is 0 Å². The van der Waals surface area contributed by atoms with Crippen molar-refractivity contribution >= 4 is 11.5 Å². The Morgan fingerprint density at radius 2 is 1.16 bits per heavy atom. The van der Waals surface area contributed by atoms with Gasteiger partial charge in [0.1, 0.15) is 11.6 Å². The van der Waals surface area contributed by atoms with Crippen LogP contribution in [0.25, 0.3) is 5.76 Å². The molecule has 0 N–H and O–H groups in total. The molecule has 15 heteroatoms. The van der Waals surface area contributed by atoms with Crippen LogP contribution in [0.3, 0.4) is 0 Å². The Labute approximate surface area is 161 Å². The molecular formula is C16H4F13O2-. The topological polar surface area (TPSA) is 40.1 Å². The van der Waals surface area contributed by atoms with E-state index < -0.39 is 81.6 Å². The molecule has 0 aromatic heterocycles. The third-order valence-corrected chi connectivity index (χ3v) is 5.03. The molecule has 0 saturated heterocycles. The van der Waals surface area contributed by atoms with E-state index in [-0.39, 0.29) is 12.1 Å². The first kappa shape index (κ1) is 23.2. The number of Topliss-reactive ketones (excluding diaryl/α,β-unsaturated/α-hetero) is 1. The number of fused-ring (bicyclic) bond motifs is 1. The van der Waals surface area contributed by atoms with Crippen LogP contribution >= 0.6 is 0 Å². The second kappa shape index (κ2) is 5.85. The average Bonchev–Trinajstić information content (AvgIpc) is 2.94. The molecule has 2 nitrogen and oxygen atoms in total. The molecule has 0 bridgehead atoms. The fourth-order valence-corrected chi connectivity index (χ4v) is 3.34. The summed E-state index contributed by atoms with van der Waals surface area (Å²) >= 11 is 0. The van der Waals surface area contributed by atoms with E-state index >= 15 is 0 Å². The molecule has 0 heterocycles. The maximum absolute atomic E-state index is 14.8. The third kappa shape index (κ3) is 2.24. The third-order valence-electron chi connectivity index (χ3n) is 5.03. The lowest BCUT2D eigenvalue weighted by Gasteiger charge is -2.51. The van der Waals surface area contributed by atoms with Gasteiger partial charge in [-0.3, -0.25) is 4.79 Å². The molecule has 1 aromatic rings. The summed E-state index contributed by atoms with van der Waals surface area (Å²) < 4.78 is 178. The monoisotopic (exact) mass is 475 g/mol. The molecule has 0 spiro atoms. The second-order valence-corrected chi connectivity index (χ2v) is 6.77. The summed E-state index contributed by atoms with van der Waals surface area (Å²) in [4.78, 5) is 12.1. The highest BCUT2D eigenvalue weighted by Gasteiger charge is 3.02. The number of allylic oxidation sites excluding steroid dienone is 1. The Bertz CT molecular complexity index is 995. The number of ketones is 1. The summed E-state index contributed by atoms with van der Waals surface area (Å²) in [5.74, 6) is -46.7. The predicted molar refractivity (Wildman–Crippen MR) is 70.6 cm³/mol. The summed E-state index contributed by atoms with van der Waals surface area (Å²) in [5.41, 5.74) is -11.5. The van der Waals surface area contributed by atoms with Crippen molar-refractivity contribution in [3.8, 4) is 0 Å². The molecule has 0 radical (unpaired) electrons. The molecule has 2 aliphatic carbocycles. The molecule has 0 aliphatic heterocycles. The molecule has 0 atom stereocenters. The Balaban J connectivity index is 2.28. The van der Waals surface area contributed by atoms with Gasteiger partial charge in [0, 0.05) is 18.1 Å². The zero-order valence-electron chi connectivity index (χ0n) is 14.1. The van der Waals surface area contributed by atoms with Crippen LogP contribution in [0.2, 0.25) is 0 Å². The second-order valence-electron chi connectivity index (χ2n) is 6.77. The van der Waals surface area contributed by atoms with Crippen LogP contribution in [0.4, 0.5) is 57.1 Å². The van der Waals surface area contributed by atoms with Gasteiger partial charge < -0.3 is 5.11 Å². The van der Waals surface area contributed by atoms with Gasteiger partial charge >= 0.3 is 35.3 Å². The predicted octanol–water partition coefficient (Wildman–Crippen LogP) is 4.06. The van der Waals surface area contributed by atoms with Crippen LogP contribution < -0.4 is 5.11 Å². The van der Waals surface area contributed by atoms with E-state index in [1.54, 1.807) is 0 Å². The van der Waals surface area contributed by atoms with Gasteiger partial charge in [-0.05, 0) is 17.2 Å². The van der Waals surface area contributed by atoms with E-state index in [9.17, 15) is 67.0 Å². The van der Waals surface area contributed by atoms with Crippen molar-refractivity contribution in [2.24, 2.45) is 0 Å². The normalized spacial score (nSPS) is 26.5. The zero-order chi connectivity index (χ0) is 24.2. The summed E-state index contributed by atoms with van der Waals surface area (Å²) in [7, 11) is 0. The summed E-state index contributed by atoms with van der Waals surface area (Å²) in [6.45, 7) is 0. The van der Waals surface area contributed by atoms with Crippen molar-refractivity contribution in [1.82, 2.24) is 0 Å². The van der Waals surface area contributed by atoms with Crippen LogP contribution in [-0.2, 0) is 11.2 Å². The minimum Gasteiger partial charge on any atom is -0.872 e. The van der Waals surface area contributed by atoms with Crippen molar-refractivity contribution in [3.05, 3.63) is 40.5 Å². The zero-order valence-corrected chi connectivity index (χ0v) is 14.1. The summed E-state index contributed by atoms with van der Waals surface area (Å²) in [5, 5.41) is 12.0. The van der Waals surface area contributed by atoms with E-state index in [1.165, 1.54) is 0 Å². The SMILES string of the molecule is O=C(C1=C([O-])c2c(F)cc(F)cc2C1)C1(F)C(F)(F)C(F)(F)C(F)(F)C(F)(F)C1(F)F. The molecular weight excluding hydrogens is 471 g/mol. The van der Waals surface area contributed by atoms with Crippen molar-refractivity contribution in [1.29, 1.82) is 0 Å². The van der Waals surface area contributed by atoms with Crippen LogP contribution in [0, 0.1) is 11.6 Å². The largest absolute Gasteiger partial charge is 0.872 e. The van der Waals surface area contributed by atoms with Crippen LogP contribution in [0.1, 0.15) is 11.1 Å². The number of carbonyl (C=O) groups excluding carboxylic acids is 1. The lowest BCUT2D eigenvalue weighted by atomic mass is 9.69. The first-order valence-electron chi connectivity index (χ1n) is 7.73. The van der Waals surface area contributed by atoms with Gasteiger partial charge in [0.15, 0.2) is 0 Å². The lowest BCUT2D eigenvalue weighted by Crippen LogP contribution is -2.85. The van der Waals surface area contributed by atoms with Crippen LogP contribution in [0.5, 0.6) is 0 Å². The molecule has 1 aromatic carbocycles. The van der Waals surface area contributed by atoms with E-state index in [2.05, 4.69) is 0 Å². The van der Waals surface area contributed by atoms with Gasteiger partial charge in [0.25, 0.3) is 0 Å². The molecule has 0 unspecified atom stereocenters. The van der Waals surface area contributed by atoms with Gasteiger partial charge in [-0.2, -0.15) is 43.9 Å². The first-order chi connectivity index (χ1) is 13.7. The quantitative estimate of drug-likeness (QED) is 0.606. The Hall–Kier alpha value is -2.48. The van der Waals surface area contributed by atoms with Gasteiger partial charge in [0.05, 0.1) is 0 Å². The van der Waals surface area contributed by atoms with Crippen molar-refractivity contribution in [2.75, 3.05) is 0 Å². The number of hydrogen-bond donors (Lipinski definition) is 0. The van der Waals surface area contributed by atoms with Crippen molar-refractivity contribution in [3.63, 3.8) is 0 Å². The minimum absolute atomic E-state index is 0.0119. The first-order valence-corrected chi connectivity index (χ1v) is 7.73. The Morgan fingerprint density at radius 3 is 1.61 bits per heavy atom. The highest BCUT2D eigenvalue weighted by molar-refractivity contribution is 6.10. The van der Waals surface area contributed by atoms with Gasteiger partial charge in [0.2, 0.25) is 5.78 Å². The van der Waals surface area contributed by atoms with Gasteiger partial charge in [-0.25, -0.2) is 13.2 Å². The average molecular weight is 475 g/mol. The van der Waals surface area contributed by atoms with Gasteiger partial charge in [-0.1, -0.05) is 5.76 Å². The molecule has 172 valence electrons. The smallest absolute Gasteiger partial charge is 0.384 e. The fourth-order valence-electron chi connectivity index (χ4n) is 3.34. The Morgan fingerprint density at radius 1 is 0.742 bits per heavy atom. The molecule has 2 aliphatic rings. The fraction of sp³-hybridized carbons (Fsp3) is 0.438. The summed E-state index contributed by atoms with van der Waals surface area (Å²) in [6.07, 6.45) is -1.60. The molecule has 3 rings (SSSR count). The Kier molecular flexibility index (Phi) is 4.38. The van der Waals surface area contributed by atoms with Gasteiger partial charge in [-0.15, -0.1) is 0 Å². The number of alkyl halides is 11. The highest BCUT2D eigenvalue weighted by atomic mass is 19.4. The molecule has 31 heavy (non-hydrogen) atoms. The molecule has 1 saturated carbocycles. The van der Waals surface area contributed by atoms with Crippen LogP contribution in [0.15, 0.2) is 17.7 Å². The minimum atomic E-state index is -7.54. The van der Waals surface area contributed by atoms with Crippen LogP contribution in [-0.4, -0.2) is 41.1 Å². The standard InChI is InChI=1S/C16H5F13O2/c17-5-1-4-2-6(9(30)8(4)7(18)3-5)10(31)11(19)12(20,21)14(24,25)16(28,29)15(26,27)13(11,22)23/h1,3,30H,2H2/p-1. The molecule has 1 fully saturated rings. The number of hydrogen-bond acceptors (Lipinski definition) is 2. The number of rotatable bonds is 2. The van der Waals surface area contributed by atoms with E-state index in [0.717, 1.165) is 0 Å². The lowest BCUT2D eigenvalue weighted by molar-refractivity contribution is -0.475. The highest BCUT2D eigenvalue weighted by Crippen LogP contribution is 2.70. The van der Waals surface area contributed by atoms with E-state index in [4.69, 9.17) is 0 Å². The maximum atomic E-state index is 14.8. The van der Waals surface area contributed by atoms with E-state index in [0.29, 0.717) is 0 Å². The maximum Gasteiger partial charge on any atom is 0.384 e.